The van der Waals surface area contributed by atoms with E-state index < -0.39 is 5.97 Å². The number of carboxylic acid groups (broad SMARTS) is 1. The summed E-state index contributed by atoms with van der Waals surface area (Å²) in [7, 11) is 0. The fourth-order valence-corrected chi connectivity index (χ4v) is 2.70. The van der Waals surface area contributed by atoms with Crippen molar-refractivity contribution in [2.45, 2.75) is 19.8 Å². The number of benzene rings is 1. The predicted molar refractivity (Wildman–Crippen MR) is 84.1 cm³/mol. The quantitative estimate of drug-likeness (QED) is 0.747. The number of amides is 1. The van der Waals surface area contributed by atoms with Gasteiger partial charge in [-0.3, -0.25) is 9.59 Å². The summed E-state index contributed by atoms with van der Waals surface area (Å²) in [5, 5.41) is 12.5. The molecule has 2 rings (SSSR count). The molecule has 6 heteroatoms. The molecule has 1 aromatic carbocycles. The van der Waals surface area contributed by atoms with E-state index in [0.717, 1.165) is 20.9 Å². The monoisotopic (exact) mass is 352 g/mol. The average molecular weight is 353 g/mol. The molecule has 0 aliphatic carbocycles. The molecular formula is C15H17BrN2O3. The second-order valence-electron chi connectivity index (χ2n) is 5.16. The maximum Gasteiger partial charge on any atom is 0.303 e. The van der Waals surface area contributed by atoms with Crippen LogP contribution in [0.15, 0.2) is 28.9 Å². The molecule has 5 nitrogen and oxygen atoms in total. The van der Waals surface area contributed by atoms with Gasteiger partial charge in [0.1, 0.15) is 0 Å². The van der Waals surface area contributed by atoms with Crippen LogP contribution in [-0.4, -0.2) is 28.5 Å². The smallest absolute Gasteiger partial charge is 0.303 e. The van der Waals surface area contributed by atoms with E-state index in [2.05, 4.69) is 26.2 Å². The van der Waals surface area contributed by atoms with Gasteiger partial charge in [-0.15, -0.1) is 0 Å². The summed E-state index contributed by atoms with van der Waals surface area (Å²) in [6.07, 6.45) is 2.16. The van der Waals surface area contributed by atoms with Gasteiger partial charge in [0.05, 0.1) is 11.9 Å². The highest BCUT2D eigenvalue weighted by Crippen LogP contribution is 2.25. The lowest BCUT2D eigenvalue weighted by Crippen LogP contribution is -2.30. The Morgan fingerprint density at radius 2 is 2.19 bits per heavy atom. The Kier molecular flexibility index (Phi) is 5.01. The number of aromatic nitrogens is 1. The number of rotatable bonds is 6. The maximum absolute atomic E-state index is 11.9. The van der Waals surface area contributed by atoms with E-state index in [1.165, 1.54) is 0 Å². The van der Waals surface area contributed by atoms with Crippen LogP contribution in [0.4, 0.5) is 0 Å². The van der Waals surface area contributed by atoms with Crippen LogP contribution >= 0.6 is 15.9 Å². The van der Waals surface area contributed by atoms with Gasteiger partial charge in [-0.1, -0.05) is 19.1 Å². The van der Waals surface area contributed by atoms with Crippen molar-refractivity contribution in [1.82, 2.24) is 10.3 Å². The standard InChI is InChI=1S/C15H17BrN2O3/c1-9(5-14(20)21)7-17-13(19)6-10-8-18-15-11(10)3-2-4-12(15)16/h2-4,8-9,18H,5-7H2,1H3,(H,17,19)(H,20,21). The summed E-state index contributed by atoms with van der Waals surface area (Å²) in [5.74, 6) is -1.03. The van der Waals surface area contributed by atoms with Gasteiger partial charge in [0.15, 0.2) is 0 Å². The molecule has 0 aliphatic heterocycles. The van der Waals surface area contributed by atoms with Crippen molar-refractivity contribution >= 4 is 38.7 Å². The van der Waals surface area contributed by atoms with Gasteiger partial charge in [0.25, 0.3) is 0 Å². The van der Waals surface area contributed by atoms with Crippen LogP contribution in [0.3, 0.4) is 0 Å². The fraction of sp³-hybridized carbons (Fsp3) is 0.333. The number of carbonyl (C=O) groups is 2. The minimum absolute atomic E-state index is 0.0559. The molecule has 1 amide bonds. The molecule has 0 saturated carbocycles. The number of carbonyl (C=O) groups excluding carboxylic acids is 1. The number of halogens is 1. The third-order valence-corrected chi connectivity index (χ3v) is 3.93. The fourth-order valence-electron chi connectivity index (χ4n) is 2.22. The van der Waals surface area contributed by atoms with E-state index in [-0.39, 0.29) is 24.7 Å². The summed E-state index contributed by atoms with van der Waals surface area (Å²) in [5.41, 5.74) is 1.90. The number of aromatic amines is 1. The average Bonchev–Trinajstić information content (AvgIpc) is 2.80. The van der Waals surface area contributed by atoms with Crippen LogP contribution in [0.1, 0.15) is 18.9 Å². The first-order valence-electron chi connectivity index (χ1n) is 6.70. The zero-order valence-electron chi connectivity index (χ0n) is 11.6. The number of nitrogens with one attached hydrogen (secondary N) is 2. The molecule has 21 heavy (non-hydrogen) atoms. The number of H-pyrrole nitrogens is 1. The number of fused-ring (bicyclic) bond motifs is 1. The second-order valence-corrected chi connectivity index (χ2v) is 6.01. The summed E-state index contributed by atoms with van der Waals surface area (Å²) >= 11 is 3.46. The van der Waals surface area contributed by atoms with Gasteiger partial charge in [-0.25, -0.2) is 0 Å². The molecule has 0 aliphatic rings. The summed E-state index contributed by atoms with van der Waals surface area (Å²) in [4.78, 5) is 25.7. The van der Waals surface area contributed by atoms with Crippen molar-refractivity contribution in [3.8, 4) is 0 Å². The molecule has 2 aromatic rings. The molecule has 0 radical (unpaired) electrons. The lowest BCUT2D eigenvalue weighted by Gasteiger charge is -2.10. The first-order chi connectivity index (χ1) is 9.97. The van der Waals surface area contributed by atoms with E-state index in [1.807, 2.05) is 24.4 Å². The summed E-state index contributed by atoms with van der Waals surface area (Å²) < 4.78 is 0.960. The molecule has 0 fully saturated rings. The molecule has 0 spiro atoms. The van der Waals surface area contributed by atoms with Gasteiger partial charge in [0, 0.05) is 29.0 Å². The first-order valence-corrected chi connectivity index (χ1v) is 7.49. The van der Waals surface area contributed by atoms with Crippen molar-refractivity contribution in [3.63, 3.8) is 0 Å². The molecular weight excluding hydrogens is 336 g/mol. The molecule has 1 atom stereocenters. The van der Waals surface area contributed by atoms with Crippen LogP contribution in [-0.2, 0) is 16.0 Å². The normalized spacial score (nSPS) is 12.3. The van der Waals surface area contributed by atoms with Crippen molar-refractivity contribution in [1.29, 1.82) is 0 Å². The van der Waals surface area contributed by atoms with Gasteiger partial charge >= 0.3 is 5.97 Å². The number of carboxylic acids is 1. The third-order valence-electron chi connectivity index (χ3n) is 3.27. The Balaban J connectivity index is 1.96. The Bertz CT molecular complexity index is 666. The van der Waals surface area contributed by atoms with Gasteiger partial charge in [-0.05, 0) is 33.5 Å². The van der Waals surface area contributed by atoms with Crippen molar-refractivity contribution in [3.05, 3.63) is 34.4 Å². The second kappa shape index (κ2) is 6.76. The van der Waals surface area contributed by atoms with Crippen LogP contribution in [0.25, 0.3) is 10.9 Å². The molecule has 3 N–H and O–H groups in total. The highest BCUT2D eigenvalue weighted by molar-refractivity contribution is 9.10. The predicted octanol–water partition coefficient (Wildman–Crippen LogP) is 2.70. The van der Waals surface area contributed by atoms with E-state index in [1.54, 1.807) is 6.92 Å². The Morgan fingerprint density at radius 3 is 2.90 bits per heavy atom. The lowest BCUT2D eigenvalue weighted by molar-refractivity contribution is -0.138. The number of hydrogen-bond donors (Lipinski definition) is 3. The van der Waals surface area contributed by atoms with Crippen molar-refractivity contribution in [2.75, 3.05) is 6.54 Å². The Morgan fingerprint density at radius 1 is 1.43 bits per heavy atom. The molecule has 1 unspecified atom stereocenters. The summed E-state index contributed by atoms with van der Waals surface area (Å²) in [6, 6.07) is 5.83. The highest BCUT2D eigenvalue weighted by Gasteiger charge is 2.12. The topological polar surface area (TPSA) is 82.2 Å². The minimum atomic E-state index is -0.849. The third kappa shape index (κ3) is 4.07. The number of aliphatic carboxylic acids is 1. The van der Waals surface area contributed by atoms with E-state index >= 15 is 0 Å². The van der Waals surface area contributed by atoms with Gasteiger partial charge < -0.3 is 15.4 Å². The maximum atomic E-state index is 11.9. The molecule has 0 bridgehead atoms. The van der Waals surface area contributed by atoms with Crippen molar-refractivity contribution in [2.24, 2.45) is 5.92 Å². The van der Waals surface area contributed by atoms with Crippen LogP contribution in [0, 0.1) is 5.92 Å². The van der Waals surface area contributed by atoms with Crippen LogP contribution in [0.2, 0.25) is 0 Å². The summed E-state index contributed by atoms with van der Waals surface area (Å²) in [6.45, 7) is 2.17. The van der Waals surface area contributed by atoms with Crippen LogP contribution in [0.5, 0.6) is 0 Å². The Labute approximate surface area is 130 Å². The number of hydrogen-bond acceptors (Lipinski definition) is 2. The lowest BCUT2D eigenvalue weighted by atomic mass is 10.1. The van der Waals surface area contributed by atoms with Crippen LogP contribution < -0.4 is 5.32 Å². The number of para-hydroxylation sites is 1. The zero-order valence-corrected chi connectivity index (χ0v) is 13.2. The van der Waals surface area contributed by atoms with Crippen molar-refractivity contribution < 1.29 is 14.7 Å². The zero-order chi connectivity index (χ0) is 15.4. The van der Waals surface area contributed by atoms with Gasteiger partial charge in [-0.2, -0.15) is 0 Å². The largest absolute Gasteiger partial charge is 0.481 e. The molecule has 1 aromatic heterocycles. The molecule has 0 saturated heterocycles. The van der Waals surface area contributed by atoms with E-state index in [9.17, 15) is 9.59 Å². The first kappa shape index (κ1) is 15.6. The molecule has 112 valence electrons. The minimum Gasteiger partial charge on any atom is -0.481 e. The SMILES string of the molecule is CC(CNC(=O)Cc1c[nH]c2c(Br)cccc12)CC(=O)O. The highest BCUT2D eigenvalue weighted by atomic mass is 79.9. The Hall–Kier alpha value is -1.82. The van der Waals surface area contributed by atoms with Gasteiger partial charge in [0.2, 0.25) is 5.91 Å². The van der Waals surface area contributed by atoms with E-state index in [0.29, 0.717) is 6.54 Å². The molecule has 1 heterocycles. The van der Waals surface area contributed by atoms with E-state index in [4.69, 9.17) is 5.11 Å².